The van der Waals surface area contributed by atoms with Gasteiger partial charge in [0.15, 0.2) is 16.6 Å². The summed E-state index contributed by atoms with van der Waals surface area (Å²) in [6.07, 6.45) is -2.54. The lowest BCUT2D eigenvalue weighted by Crippen LogP contribution is -2.32. The minimum atomic E-state index is -5.15. The average molecular weight is 530 g/mol. The van der Waals surface area contributed by atoms with Crippen LogP contribution in [0.5, 0.6) is 5.75 Å². The maximum absolute atomic E-state index is 13.8. The van der Waals surface area contributed by atoms with Gasteiger partial charge in [0.05, 0.1) is 12.2 Å². The van der Waals surface area contributed by atoms with Gasteiger partial charge in [-0.1, -0.05) is 12.1 Å². The molecule has 1 aromatic heterocycles. The summed E-state index contributed by atoms with van der Waals surface area (Å²) in [6, 6.07) is 7.59. The lowest BCUT2D eigenvalue weighted by Gasteiger charge is -2.19. The van der Waals surface area contributed by atoms with Gasteiger partial charge in [-0.15, -0.1) is 13.2 Å². The van der Waals surface area contributed by atoms with E-state index in [1.165, 1.54) is 41.4 Å². The average Bonchev–Trinajstić information content (AvgIpc) is 3.43. The number of benzene rings is 2. The molecule has 2 atom stereocenters. The van der Waals surface area contributed by atoms with Crippen molar-refractivity contribution in [2.75, 3.05) is 18.4 Å². The fraction of sp³-hybridized carbons (Fsp3) is 0.273. The standard InChI is InChI=1S/C22H19F5N4O4S/c1-30-11-20(28-12-30)36(33,34)31-9-16(13-2-4-14(23)5-3-13)17(10-31)21(32)29-15-6-7-18(24)19(8-15)35-22(25,26)27/h2-8,11-12,16-17H,9-10H2,1H3,(H,29,32)/t16-,17+/m1/s1. The molecule has 3 aromatic rings. The van der Waals surface area contributed by atoms with Crippen LogP contribution in [0.15, 0.2) is 60.0 Å². The Kier molecular flexibility index (Phi) is 6.75. The highest BCUT2D eigenvalue weighted by molar-refractivity contribution is 7.89. The molecular formula is C22H19F5N4O4S. The van der Waals surface area contributed by atoms with E-state index in [-0.39, 0.29) is 23.8 Å². The molecule has 2 aromatic carbocycles. The molecule has 8 nitrogen and oxygen atoms in total. The highest BCUT2D eigenvalue weighted by atomic mass is 32.2. The fourth-order valence-corrected chi connectivity index (χ4v) is 5.41. The van der Waals surface area contributed by atoms with Crippen molar-refractivity contribution in [2.24, 2.45) is 13.0 Å². The molecule has 0 unspecified atom stereocenters. The molecule has 0 bridgehead atoms. The lowest BCUT2D eigenvalue weighted by molar-refractivity contribution is -0.275. The predicted octanol–water partition coefficient (Wildman–Crippen LogP) is 3.64. The fourth-order valence-electron chi connectivity index (χ4n) is 3.95. The summed E-state index contributed by atoms with van der Waals surface area (Å²) in [6.45, 7) is -0.408. The molecule has 14 heteroatoms. The van der Waals surface area contributed by atoms with Crippen LogP contribution in [0.1, 0.15) is 11.5 Å². The maximum atomic E-state index is 13.8. The van der Waals surface area contributed by atoms with Gasteiger partial charge in [0.2, 0.25) is 5.91 Å². The van der Waals surface area contributed by atoms with Gasteiger partial charge < -0.3 is 14.6 Å². The zero-order valence-corrected chi connectivity index (χ0v) is 19.4. The van der Waals surface area contributed by atoms with Gasteiger partial charge in [0, 0.05) is 44.0 Å². The molecule has 1 aliphatic rings. The highest BCUT2D eigenvalue weighted by Gasteiger charge is 2.44. The summed E-state index contributed by atoms with van der Waals surface area (Å²) in [5, 5.41) is 2.17. The summed E-state index contributed by atoms with van der Waals surface area (Å²) in [7, 11) is -2.50. The number of anilines is 1. The molecule has 1 saturated heterocycles. The van der Waals surface area contributed by atoms with E-state index in [1.807, 2.05) is 0 Å². The quantitative estimate of drug-likeness (QED) is 0.492. The van der Waals surface area contributed by atoms with Crippen molar-refractivity contribution in [3.05, 3.63) is 72.2 Å². The second kappa shape index (κ2) is 9.50. The maximum Gasteiger partial charge on any atom is 0.573 e. The number of hydrogen-bond acceptors (Lipinski definition) is 5. The number of rotatable bonds is 6. The Morgan fingerprint density at radius 1 is 1.11 bits per heavy atom. The van der Waals surface area contributed by atoms with Gasteiger partial charge in [0.25, 0.3) is 10.0 Å². The number of amides is 1. The summed E-state index contributed by atoms with van der Waals surface area (Å²) < 4.78 is 97.3. The van der Waals surface area contributed by atoms with E-state index in [9.17, 15) is 35.2 Å². The van der Waals surface area contributed by atoms with E-state index >= 15 is 0 Å². The molecule has 36 heavy (non-hydrogen) atoms. The number of carbonyl (C=O) groups excluding carboxylic acids is 1. The van der Waals surface area contributed by atoms with Gasteiger partial charge in [-0.3, -0.25) is 4.79 Å². The summed E-state index contributed by atoms with van der Waals surface area (Å²) in [5.41, 5.74) is 0.292. The summed E-state index contributed by atoms with van der Waals surface area (Å²) >= 11 is 0. The molecule has 0 aliphatic carbocycles. The molecule has 192 valence electrons. The van der Waals surface area contributed by atoms with Crippen molar-refractivity contribution < 1.29 is 39.9 Å². The van der Waals surface area contributed by atoms with E-state index in [1.54, 1.807) is 7.05 Å². The van der Waals surface area contributed by atoms with E-state index in [0.717, 1.165) is 10.4 Å². The number of sulfonamides is 1. The Labute approximate surface area is 202 Å². The van der Waals surface area contributed by atoms with E-state index in [0.29, 0.717) is 17.7 Å². The zero-order chi connectivity index (χ0) is 26.3. The van der Waals surface area contributed by atoms with Gasteiger partial charge in [0.1, 0.15) is 5.82 Å². The third kappa shape index (κ3) is 5.49. The Morgan fingerprint density at radius 2 is 1.81 bits per heavy atom. The molecule has 1 N–H and O–H groups in total. The molecular weight excluding hydrogens is 511 g/mol. The molecule has 1 fully saturated rings. The second-order valence-corrected chi connectivity index (χ2v) is 10.0. The van der Waals surface area contributed by atoms with E-state index in [2.05, 4.69) is 15.0 Å². The number of imidazole rings is 1. The first kappa shape index (κ1) is 25.6. The van der Waals surface area contributed by atoms with Crippen LogP contribution in [0.4, 0.5) is 27.6 Å². The first-order chi connectivity index (χ1) is 16.8. The van der Waals surface area contributed by atoms with Crippen LogP contribution in [0.2, 0.25) is 0 Å². The second-order valence-electron chi connectivity index (χ2n) is 8.15. The number of ether oxygens (including phenoxy) is 1. The molecule has 0 radical (unpaired) electrons. The molecule has 1 aliphatic heterocycles. The summed E-state index contributed by atoms with van der Waals surface area (Å²) in [5.74, 6) is -5.41. The molecule has 0 saturated carbocycles. The number of nitrogens with zero attached hydrogens (tertiary/aromatic N) is 3. The minimum Gasteiger partial charge on any atom is -0.403 e. The number of carbonyl (C=O) groups is 1. The third-order valence-electron chi connectivity index (χ3n) is 5.63. The van der Waals surface area contributed by atoms with Crippen molar-refractivity contribution in [3.63, 3.8) is 0 Å². The number of aryl methyl sites for hydroxylation is 1. The largest absolute Gasteiger partial charge is 0.573 e. The van der Waals surface area contributed by atoms with Crippen LogP contribution in [0.25, 0.3) is 0 Å². The van der Waals surface area contributed by atoms with E-state index in [4.69, 9.17) is 0 Å². The van der Waals surface area contributed by atoms with Crippen molar-refractivity contribution in [2.45, 2.75) is 17.3 Å². The third-order valence-corrected chi connectivity index (χ3v) is 7.35. The number of nitrogens with one attached hydrogen (secondary N) is 1. The van der Waals surface area contributed by atoms with Crippen LogP contribution >= 0.6 is 0 Å². The number of halogens is 5. The SMILES string of the molecule is Cn1cnc(S(=O)(=O)N2C[C@H](C(=O)Nc3ccc(F)c(OC(F)(F)F)c3)[C@@H](c3ccc(F)cc3)C2)c1. The Morgan fingerprint density at radius 3 is 2.42 bits per heavy atom. The van der Waals surface area contributed by atoms with Crippen LogP contribution in [0, 0.1) is 17.6 Å². The van der Waals surface area contributed by atoms with Crippen LogP contribution in [-0.4, -0.2) is 47.6 Å². The van der Waals surface area contributed by atoms with Gasteiger partial charge in [-0.05, 0) is 29.8 Å². The monoisotopic (exact) mass is 530 g/mol. The number of aromatic nitrogens is 2. The minimum absolute atomic E-state index is 0.130. The number of alkyl halides is 3. The van der Waals surface area contributed by atoms with Gasteiger partial charge >= 0.3 is 6.36 Å². The molecule has 0 spiro atoms. The normalized spacial score (nSPS) is 18.8. The zero-order valence-electron chi connectivity index (χ0n) is 18.5. The molecule has 1 amide bonds. The van der Waals surface area contributed by atoms with E-state index < -0.39 is 51.5 Å². The molecule has 2 heterocycles. The topological polar surface area (TPSA) is 93.5 Å². The van der Waals surface area contributed by atoms with Gasteiger partial charge in [-0.2, -0.15) is 4.31 Å². The lowest BCUT2D eigenvalue weighted by atomic mass is 9.88. The van der Waals surface area contributed by atoms with Crippen molar-refractivity contribution in [1.29, 1.82) is 0 Å². The first-order valence-electron chi connectivity index (χ1n) is 10.4. The smallest absolute Gasteiger partial charge is 0.403 e. The van der Waals surface area contributed by atoms with Crippen molar-refractivity contribution >= 4 is 21.6 Å². The summed E-state index contributed by atoms with van der Waals surface area (Å²) in [4.78, 5) is 17.0. The van der Waals surface area contributed by atoms with Gasteiger partial charge in [-0.25, -0.2) is 22.2 Å². The Bertz CT molecular complexity index is 1380. The van der Waals surface area contributed by atoms with Crippen molar-refractivity contribution in [3.8, 4) is 5.75 Å². The predicted molar refractivity (Wildman–Crippen MR) is 116 cm³/mol. The van der Waals surface area contributed by atoms with Crippen LogP contribution in [-0.2, 0) is 21.9 Å². The Hall–Kier alpha value is -3.52. The van der Waals surface area contributed by atoms with Crippen molar-refractivity contribution in [1.82, 2.24) is 13.9 Å². The first-order valence-corrected chi connectivity index (χ1v) is 11.9. The van der Waals surface area contributed by atoms with Crippen LogP contribution in [0.3, 0.4) is 0 Å². The van der Waals surface area contributed by atoms with Crippen LogP contribution < -0.4 is 10.1 Å². The Balaban J connectivity index is 1.62. The number of hydrogen-bond donors (Lipinski definition) is 1. The molecule has 4 rings (SSSR count). The highest BCUT2D eigenvalue weighted by Crippen LogP contribution is 2.37.